The molecule has 0 fully saturated rings. The van der Waals surface area contributed by atoms with Gasteiger partial charge in [-0.15, -0.1) is 0 Å². The predicted octanol–water partition coefficient (Wildman–Crippen LogP) is 3.31. The normalized spacial score (nSPS) is 12.9. The van der Waals surface area contributed by atoms with E-state index in [9.17, 15) is 27.1 Å². The van der Waals surface area contributed by atoms with Crippen LogP contribution in [-0.2, 0) is 17.4 Å². The molecule has 0 amide bonds. The van der Waals surface area contributed by atoms with E-state index < -0.39 is 24.3 Å². The largest absolute Gasteiger partial charge is 0.458 e. The molecule has 1 radical (unpaired) electrons. The van der Waals surface area contributed by atoms with Crippen molar-refractivity contribution in [2.24, 2.45) is 0 Å². The van der Waals surface area contributed by atoms with E-state index in [0.717, 1.165) is 12.1 Å². The molecular formula is C10H8F5O. The summed E-state index contributed by atoms with van der Waals surface area (Å²) in [5.41, 5.74) is -0.675. The lowest BCUT2D eigenvalue weighted by Crippen LogP contribution is -2.33. The molecule has 16 heavy (non-hydrogen) atoms. The maximum Gasteiger partial charge on any atom is 0.458 e. The second kappa shape index (κ2) is 4.37. The second-order valence-electron chi connectivity index (χ2n) is 3.22. The molecule has 0 aromatic heterocycles. The summed E-state index contributed by atoms with van der Waals surface area (Å²) in [7, 11) is 0. The van der Waals surface area contributed by atoms with Crippen LogP contribution in [0.4, 0.5) is 22.0 Å². The Labute approximate surface area is 88.5 Å². The molecule has 0 saturated carbocycles. The zero-order valence-electron chi connectivity index (χ0n) is 8.02. The molecule has 0 spiro atoms. The van der Waals surface area contributed by atoms with Crippen LogP contribution in [0, 0.1) is 0 Å². The van der Waals surface area contributed by atoms with Gasteiger partial charge >= 0.3 is 12.1 Å². The van der Waals surface area contributed by atoms with Crippen LogP contribution in [0.3, 0.4) is 0 Å². The molecule has 0 heterocycles. The van der Waals surface area contributed by atoms with E-state index in [1.54, 1.807) is 0 Å². The van der Waals surface area contributed by atoms with Gasteiger partial charge in [0.1, 0.15) is 0 Å². The van der Waals surface area contributed by atoms with E-state index in [1.165, 1.54) is 0 Å². The van der Waals surface area contributed by atoms with Crippen molar-refractivity contribution in [1.29, 1.82) is 0 Å². The lowest BCUT2D eigenvalue weighted by molar-refractivity contribution is -0.289. The molecule has 0 N–H and O–H groups in total. The van der Waals surface area contributed by atoms with Gasteiger partial charge in [-0.1, -0.05) is 24.3 Å². The van der Waals surface area contributed by atoms with E-state index in [1.807, 2.05) is 0 Å². The zero-order chi connectivity index (χ0) is 12.4. The summed E-state index contributed by atoms with van der Waals surface area (Å²) in [6.45, 7) is -0.436. The Balaban J connectivity index is 2.97. The Bertz CT molecular complexity index is 341. The topological polar surface area (TPSA) is 19.9 Å². The Kier molecular flexibility index (Phi) is 3.52. The molecule has 89 valence electrons. The van der Waals surface area contributed by atoms with E-state index >= 15 is 0 Å². The van der Waals surface area contributed by atoms with Crippen LogP contribution in [-0.4, -0.2) is 12.8 Å². The summed E-state index contributed by atoms with van der Waals surface area (Å²) in [5, 5.41) is 10.2. The standard InChI is InChI=1S/C10H8F5O/c11-9(12,10(13,14)15)8-3-1-7(2-4-8)5-6-16/h1-4H,5-6H2. The van der Waals surface area contributed by atoms with Crippen LogP contribution in [0.25, 0.3) is 0 Å². The van der Waals surface area contributed by atoms with E-state index in [2.05, 4.69) is 0 Å². The first-order valence-corrected chi connectivity index (χ1v) is 4.41. The highest BCUT2D eigenvalue weighted by atomic mass is 19.4. The highest BCUT2D eigenvalue weighted by Crippen LogP contribution is 2.43. The summed E-state index contributed by atoms with van der Waals surface area (Å²) in [6.07, 6.45) is -5.50. The number of halogens is 5. The number of benzene rings is 1. The van der Waals surface area contributed by atoms with Crippen molar-refractivity contribution in [2.45, 2.75) is 18.5 Å². The Hall–Kier alpha value is -1.17. The summed E-state index contributed by atoms with van der Waals surface area (Å²) in [5.74, 6) is -4.86. The molecule has 1 nitrogen and oxygen atoms in total. The molecule has 1 aromatic rings. The summed E-state index contributed by atoms with van der Waals surface area (Å²) in [4.78, 5) is 0. The fourth-order valence-electron chi connectivity index (χ4n) is 1.16. The lowest BCUT2D eigenvalue weighted by atomic mass is 10.0. The third kappa shape index (κ3) is 2.49. The maximum absolute atomic E-state index is 12.8. The fourth-order valence-corrected chi connectivity index (χ4v) is 1.16. The van der Waals surface area contributed by atoms with Crippen LogP contribution in [0.5, 0.6) is 0 Å². The minimum absolute atomic E-state index is 0.109. The van der Waals surface area contributed by atoms with Gasteiger partial charge in [0.2, 0.25) is 0 Å². The van der Waals surface area contributed by atoms with Gasteiger partial charge in [-0.2, -0.15) is 22.0 Å². The highest BCUT2D eigenvalue weighted by Gasteiger charge is 2.58. The Morgan fingerprint density at radius 1 is 0.938 bits per heavy atom. The quantitative estimate of drug-likeness (QED) is 0.721. The maximum atomic E-state index is 12.8. The minimum Gasteiger partial charge on any atom is -0.236 e. The first-order chi connectivity index (χ1) is 7.29. The van der Waals surface area contributed by atoms with E-state index in [0.29, 0.717) is 17.7 Å². The zero-order valence-corrected chi connectivity index (χ0v) is 8.02. The van der Waals surface area contributed by atoms with Crippen molar-refractivity contribution in [2.75, 3.05) is 6.61 Å². The molecule has 6 heteroatoms. The monoisotopic (exact) mass is 239 g/mol. The minimum atomic E-state index is -5.60. The summed E-state index contributed by atoms with van der Waals surface area (Å²) < 4.78 is 61.5. The SMILES string of the molecule is [O]CCc1ccc(C(F)(F)C(F)(F)F)cc1. The molecule has 0 saturated heterocycles. The average molecular weight is 239 g/mol. The summed E-state index contributed by atoms with van der Waals surface area (Å²) >= 11 is 0. The van der Waals surface area contributed by atoms with Crippen molar-refractivity contribution in [1.82, 2.24) is 0 Å². The molecule has 0 atom stereocenters. The third-order valence-corrected chi connectivity index (χ3v) is 2.06. The van der Waals surface area contributed by atoms with Crippen LogP contribution < -0.4 is 0 Å². The average Bonchev–Trinajstić information content (AvgIpc) is 2.17. The van der Waals surface area contributed by atoms with Gasteiger partial charge in [-0.25, -0.2) is 5.11 Å². The van der Waals surface area contributed by atoms with Gasteiger partial charge in [0.15, 0.2) is 0 Å². The van der Waals surface area contributed by atoms with Crippen molar-refractivity contribution in [3.63, 3.8) is 0 Å². The molecule has 1 aromatic carbocycles. The molecule has 0 aliphatic rings. The van der Waals surface area contributed by atoms with Crippen LogP contribution >= 0.6 is 0 Å². The molecule has 0 unspecified atom stereocenters. The summed E-state index contributed by atoms with van der Waals surface area (Å²) in [6, 6.07) is 3.59. The molecule has 1 rings (SSSR count). The number of rotatable bonds is 3. The fraction of sp³-hybridized carbons (Fsp3) is 0.400. The van der Waals surface area contributed by atoms with Gasteiger partial charge in [0.25, 0.3) is 0 Å². The van der Waals surface area contributed by atoms with Gasteiger partial charge in [0.05, 0.1) is 6.61 Å². The number of hydrogen-bond acceptors (Lipinski definition) is 0. The van der Waals surface area contributed by atoms with Crippen molar-refractivity contribution >= 4 is 0 Å². The first kappa shape index (κ1) is 12.9. The van der Waals surface area contributed by atoms with Crippen molar-refractivity contribution in [3.8, 4) is 0 Å². The van der Waals surface area contributed by atoms with Gasteiger partial charge in [0, 0.05) is 5.56 Å². The van der Waals surface area contributed by atoms with E-state index in [4.69, 9.17) is 0 Å². The van der Waals surface area contributed by atoms with Crippen LogP contribution in [0.1, 0.15) is 11.1 Å². The molecular weight excluding hydrogens is 231 g/mol. The van der Waals surface area contributed by atoms with Gasteiger partial charge in [-0.05, 0) is 12.0 Å². The Morgan fingerprint density at radius 3 is 1.81 bits per heavy atom. The van der Waals surface area contributed by atoms with Gasteiger partial charge < -0.3 is 0 Å². The van der Waals surface area contributed by atoms with Gasteiger partial charge in [-0.3, -0.25) is 0 Å². The van der Waals surface area contributed by atoms with Crippen LogP contribution in [0.15, 0.2) is 24.3 Å². The molecule has 0 bridgehead atoms. The molecule has 0 aliphatic carbocycles. The third-order valence-electron chi connectivity index (χ3n) is 2.06. The number of hydrogen-bond donors (Lipinski definition) is 0. The smallest absolute Gasteiger partial charge is 0.236 e. The van der Waals surface area contributed by atoms with Crippen LogP contribution in [0.2, 0.25) is 0 Å². The number of alkyl halides is 5. The highest BCUT2D eigenvalue weighted by molar-refractivity contribution is 5.27. The van der Waals surface area contributed by atoms with Crippen molar-refractivity contribution in [3.05, 3.63) is 35.4 Å². The predicted molar refractivity (Wildman–Crippen MR) is 45.6 cm³/mol. The lowest BCUT2D eigenvalue weighted by Gasteiger charge is -2.19. The first-order valence-electron chi connectivity index (χ1n) is 4.41. The molecule has 0 aliphatic heterocycles. The van der Waals surface area contributed by atoms with Crippen molar-refractivity contribution < 1.29 is 27.1 Å². The second-order valence-corrected chi connectivity index (χ2v) is 3.22. The van der Waals surface area contributed by atoms with E-state index in [-0.39, 0.29) is 6.42 Å². The Morgan fingerprint density at radius 2 is 1.44 bits per heavy atom.